The lowest BCUT2D eigenvalue weighted by Gasteiger charge is -2.33. The lowest BCUT2D eigenvalue weighted by atomic mass is 9.77. The van der Waals surface area contributed by atoms with E-state index in [1.807, 2.05) is 6.07 Å². The molecule has 24 heavy (non-hydrogen) atoms. The molecule has 1 saturated heterocycles. The number of carbonyl (C=O) groups is 3. The molecule has 1 spiro atoms. The van der Waals surface area contributed by atoms with Crippen molar-refractivity contribution in [2.24, 2.45) is 5.92 Å². The minimum atomic E-state index is -0.801. The zero-order valence-electron chi connectivity index (χ0n) is 13.7. The van der Waals surface area contributed by atoms with Crippen LogP contribution in [0.1, 0.15) is 38.3 Å². The number of rotatable bonds is 4. The largest absolute Gasteiger partial charge is 0.349 e. The van der Waals surface area contributed by atoms with Crippen molar-refractivity contribution < 1.29 is 14.4 Å². The summed E-state index contributed by atoms with van der Waals surface area (Å²) in [5, 5.41) is 5.50. The fourth-order valence-electron chi connectivity index (χ4n) is 3.30. The van der Waals surface area contributed by atoms with Gasteiger partial charge in [-0.15, -0.1) is 0 Å². The van der Waals surface area contributed by atoms with Gasteiger partial charge in [-0.2, -0.15) is 0 Å². The molecule has 2 N–H and O–H groups in total. The molecule has 1 aromatic heterocycles. The summed E-state index contributed by atoms with van der Waals surface area (Å²) in [6, 6.07) is 4.96. The number of carbonyl (C=O) groups excluding carboxylic acids is 3. The number of amides is 4. The number of aromatic nitrogens is 1. The summed E-state index contributed by atoms with van der Waals surface area (Å²) in [7, 11) is 0. The quantitative estimate of drug-likeness (QED) is 0.812. The average molecular weight is 330 g/mol. The standard InChI is InChI=1S/C17H22N4O3/c1-12-5-7-17(8-6-12)15(23)21(16(24)20-17)11-14(22)19-10-13-4-2-3-9-18-13/h2-4,9,12H,5-8,10-11H2,1H3,(H,19,22)(H,20,24). The fraction of sp³-hybridized carbons (Fsp3) is 0.529. The van der Waals surface area contributed by atoms with Gasteiger partial charge in [-0.05, 0) is 43.7 Å². The monoisotopic (exact) mass is 330 g/mol. The molecule has 0 radical (unpaired) electrons. The second-order valence-corrected chi connectivity index (χ2v) is 6.68. The van der Waals surface area contributed by atoms with Gasteiger partial charge in [0.1, 0.15) is 12.1 Å². The second-order valence-electron chi connectivity index (χ2n) is 6.68. The molecule has 0 aromatic carbocycles. The summed E-state index contributed by atoms with van der Waals surface area (Å²) in [4.78, 5) is 42.0. The zero-order valence-corrected chi connectivity index (χ0v) is 13.7. The van der Waals surface area contributed by atoms with E-state index in [1.165, 1.54) is 0 Å². The van der Waals surface area contributed by atoms with Crippen LogP contribution in [0.2, 0.25) is 0 Å². The highest BCUT2D eigenvalue weighted by Gasteiger charge is 2.52. The maximum Gasteiger partial charge on any atom is 0.325 e. The van der Waals surface area contributed by atoms with E-state index in [2.05, 4.69) is 22.5 Å². The Morgan fingerprint density at radius 1 is 1.38 bits per heavy atom. The molecule has 7 heteroatoms. The maximum atomic E-state index is 12.7. The van der Waals surface area contributed by atoms with E-state index in [9.17, 15) is 14.4 Å². The van der Waals surface area contributed by atoms with Gasteiger partial charge in [0.05, 0.1) is 12.2 Å². The van der Waals surface area contributed by atoms with Gasteiger partial charge in [-0.1, -0.05) is 13.0 Å². The number of hydrogen-bond acceptors (Lipinski definition) is 4. The van der Waals surface area contributed by atoms with Gasteiger partial charge < -0.3 is 10.6 Å². The van der Waals surface area contributed by atoms with Crippen LogP contribution in [0.25, 0.3) is 0 Å². The van der Waals surface area contributed by atoms with Crippen LogP contribution >= 0.6 is 0 Å². The van der Waals surface area contributed by atoms with Crippen LogP contribution in [0, 0.1) is 5.92 Å². The Morgan fingerprint density at radius 2 is 2.12 bits per heavy atom. The highest BCUT2D eigenvalue weighted by Crippen LogP contribution is 2.36. The Balaban J connectivity index is 1.57. The number of urea groups is 1. The Bertz CT molecular complexity index is 638. The molecular formula is C17H22N4O3. The molecule has 1 aliphatic heterocycles. The third-order valence-electron chi connectivity index (χ3n) is 4.87. The SMILES string of the molecule is CC1CCC2(CC1)NC(=O)N(CC(=O)NCc1ccccn1)C2=O. The first-order valence-corrected chi connectivity index (χ1v) is 8.31. The van der Waals surface area contributed by atoms with Crippen LogP contribution < -0.4 is 10.6 Å². The molecule has 1 aliphatic carbocycles. The molecule has 0 atom stereocenters. The topological polar surface area (TPSA) is 91.4 Å². The molecule has 0 unspecified atom stereocenters. The first kappa shape index (κ1) is 16.4. The molecule has 3 rings (SSSR count). The third kappa shape index (κ3) is 3.25. The maximum absolute atomic E-state index is 12.7. The number of hydrogen-bond donors (Lipinski definition) is 2. The lowest BCUT2D eigenvalue weighted by molar-refractivity contribution is -0.136. The van der Waals surface area contributed by atoms with Crippen molar-refractivity contribution in [2.75, 3.05) is 6.54 Å². The Morgan fingerprint density at radius 3 is 2.79 bits per heavy atom. The van der Waals surface area contributed by atoms with Crippen molar-refractivity contribution in [3.63, 3.8) is 0 Å². The molecule has 128 valence electrons. The first-order chi connectivity index (χ1) is 11.5. The predicted molar refractivity (Wildman–Crippen MR) is 86.7 cm³/mol. The van der Waals surface area contributed by atoms with Crippen LogP contribution in [0.15, 0.2) is 24.4 Å². The van der Waals surface area contributed by atoms with Crippen molar-refractivity contribution in [3.8, 4) is 0 Å². The number of pyridine rings is 1. The Labute approximate surface area is 140 Å². The molecule has 0 bridgehead atoms. The van der Waals surface area contributed by atoms with Crippen LogP contribution in [0.3, 0.4) is 0 Å². The predicted octanol–water partition coefficient (Wildman–Crippen LogP) is 1.20. The van der Waals surface area contributed by atoms with Crippen molar-refractivity contribution in [1.29, 1.82) is 0 Å². The lowest BCUT2D eigenvalue weighted by Crippen LogP contribution is -2.49. The molecule has 2 aliphatic rings. The van der Waals surface area contributed by atoms with Gasteiger partial charge in [0.15, 0.2) is 0 Å². The summed E-state index contributed by atoms with van der Waals surface area (Å²) >= 11 is 0. The van der Waals surface area contributed by atoms with Gasteiger partial charge in [-0.25, -0.2) is 4.79 Å². The summed E-state index contributed by atoms with van der Waals surface area (Å²) in [6.45, 7) is 2.16. The van der Waals surface area contributed by atoms with E-state index >= 15 is 0 Å². The van der Waals surface area contributed by atoms with E-state index < -0.39 is 11.6 Å². The van der Waals surface area contributed by atoms with Gasteiger partial charge in [-0.3, -0.25) is 19.5 Å². The summed E-state index contributed by atoms with van der Waals surface area (Å²) < 4.78 is 0. The van der Waals surface area contributed by atoms with E-state index in [4.69, 9.17) is 0 Å². The van der Waals surface area contributed by atoms with Gasteiger partial charge >= 0.3 is 6.03 Å². The highest BCUT2D eigenvalue weighted by molar-refractivity contribution is 6.09. The Hall–Kier alpha value is -2.44. The van der Waals surface area contributed by atoms with Crippen LogP contribution in [0.5, 0.6) is 0 Å². The fourth-order valence-corrected chi connectivity index (χ4v) is 3.30. The summed E-state index contributed by atoms with van der Waals surface area (Å²) in [5.74, 6) is -0.0752. The van der Waals surface area contributed by atoms with E-state index in [1.54, 1.807) is 18.3 Å². The summed E-state index contributed by atoms with van der Waals surface area (Å²) in [5.41, 5.74) is -0.0778. The van der Waals surface area contributed by atoms with Crippen LogP contribution in [-0.2, 0) is 16.1 Å². The van der Waals surface area contributed by atoms with Crippen LogP contribution in [0.4, 0.5) is 4.79 Å². The molecule has 2 fully saturated rings. The molecule has 1 saturated carbocycles. The van der Waals surface area contributed by atoms with Crippen LogP contribution in [-0.4, -0.2) is 39.8 Å². The zero-order chi connectivity index (χ0) is 17.2. The molecular weight excluding hydrogens is 308 g/mol. The molecule has 1 aromatic rings. The van der Waals surface area contributed by atoms with Crippen molar-refractivity contribution in [1.82, 2.24) is 20.5 Å². The number of nitrogens with one attached hydrogen (secondary N) is 2. The van der Waals surface area contributed by atoms with Crippen molar-refractivity contribution in [3.05, 3.63) is 30.1 Å². The number of nitrogens with zero attached hydrogens (tertiary/aromatic N) is 2. The second kappa shape index (κ2) is 6.59. The average Bonchev–Trinajstić information content (AvgIpc) is 2.81. The smallest absolute Gasteiger partial charge is 0.325 e. The van der Waals surface area contributed by atoms with E-state index in [-0.39, 0.29) is 24.9 Å². The third-order valence-corrected chi connectivity index (χ3v) is 4.87. The normalized spacial score (nSPS) is 26.5. The first-order valence-electron chi connectivity index (χ1n) is 8.31. The van der Waals surface area contributed by atoms with E-state index in [0.29, 0.717) is 18.8 Å². The van der Waals surface area contributed by atoms with Gasteiger partial charge in [0, 0.05) is 6.20 Å². The van der Waals surface area contributed by atoms with Gasteiger partial charge in [0.2, 0.25) is 5.91 Å². The van der Waals surface area contributed by atoms with Crippen molar-refractivity contribution in [2.45, 2.75) is 44.7 Å². The Kier molecular flexibility index (Phi) is 4.51. The minimum Gasteiger partial charge on any atom is -0.349 e. The number of imide groups is 1. The van der Waals surface area contributed by atoms with Crippen molar-refractivity contribution >= 4 is 17.8 Å². The van der Waals surface area contributed by atoms with E-state index in [0.717, 1.165) is 23.4 Å². The molecule has 4 amide bonds. The molecule has 2 heterocycles. The van der Waals surface area contributed by atoms with Gasteiger partial charge in [0.25, 0.3) is 5.91 Å². The summed E-state index contributed by atoms with van der Waals surface area (Å²) in [6.07, 6.45) is 4.75. The highest BCUT2D eigenvalue weighted by atomic mass is 16.2. The minimum absolute atomic E-state index is 0.255. The molecule has 7 nitrogen and oxygen atoms in total.